The van der Waals surface area contributed by atoms with E-state index >= 15 is 0 Å². The maximum absolute atomic E-state index is 12.6. The lowest BCUT2D eigenvalue weighted by molar-refractivity contribution is 0.0942. The molecular formula is C18H19N3OS. The second kappa shape index (κ2) is 6.38. The Labute approximate surface area is 139 Å². The van der Waals surface area contributed by atoms with E-state index in [-0.39, 0.29) is 5.91 Å². The maximum atomic E-state index is 12.6. The fourth-order valence-corrected chi connectivity index (χ4v) is 3.52. The van der Waals surface area contributed by atoms with Crippen molar-refractivity contribution in [2.75, 3.05) is 0 Å². The molecule has 0 aliphatic carbocycles. The lowest BCUT2D eigenvalue weighted by atomic mass is 10.3. The Morgan fingerprint density at radius 3 is 2.91 bits per heavy atom. The van der Waals surface area contributed by atoms with Crippen LogP contribution in [0.15, 0.2) is 48.7 Å². The van der Waals surface area contributed by atoms with Crippen molar-refractivity contribution in [2.24, 2.45) is 0 Å². The minimum Gasteiger partial charge on any atom is -0.345 e. The van der Waals surface area contributed by atoms with E-state index < -0.39 is 0 Å². The maximum Gasteiger partial charge on any atom is 0.268 e. The quantitative estimate of drug-likeness (QED) is 0.723. The molecule has 0 radical (unpaired) electrons. The zero-order valence-corrected chi connectivity index (χ0v) is 14.1. The van der Waals surface area contributed by atoms with Gasteiger partial charge >= 0.3 is 0 Å². The molecule has 0 aromatic carbocycles. The highest BCUT2D eigenvalue weighted by Crippen LogP contribution is 2.29. The first-order valence-electron chi connectivity index (χ1n) is 7.47. The predicted molar refractivity (Wildman–Crippen MR) is 94.8 cm³/mol. The highest BCUT2D eigenvalue weighted by atomic mass is 32.1. The Bertz CT molecular complexity index is 861. The van der Waals surface area contributed by atoms with Gasteiger partial charge in [-0.05, 0) is 38.1 Å². The molecule has 3 aromatic rings. The molecule has 3 aromatic heterocycles. The van der Waals surface area contributed by atoms with Gasteiger partial charge in [0.25, 0.3) is 5.91 Å². The van der Waals surface area contributed by atoms with Crippen molar-refractivity contribution in [3.05, 3.63) is 64.9 Å². The molecule has 0 atom stereocenters. The second-order valence-corrected chi connectivity index (χ2v) is 6.97. The van der Waals surface area contributed by atoms with E-state index in [0.717, 1.165) is 21.5 Å². The summed E-state index contributed by atoms with van der Waals surface area (Å²) < 4.78 is 3.17. The molecule has 0 saturated heterocycles. The fourth-order valence-electron chi connectivity index (χ4n) is 2.56. The molecule has 4 nitrogen and oxygen atoms in total. The van der Waals surface area contributed by atoms with Gasteiger partial charge in [-0.3, -0.25) is 9.78 Å². The topological polar surface area (TPSA) is 46.9 Å². The molecule has 0 bridgehead atoms. The third kappa shape index (κ3) is 3.35. The number of hydrogen-bond acceptors (Lipinski definition) is 3. The molecule has 0 aliphatic rings. The van der Waals surface area contributed by atoms with E-state index in [1.54, 1.807) is 17.5 Å². The third-order valence-electron chi connectivity index (χ3n) is 3.53. The van der Waals surface area contributed by atoms with Crippen molar-refractivity contribution >= 4 is 27.5 Å². The van der Waals surface area contributed by atoms with E-state index in [2.05, 4.69) is 29.9 Å². The smallest absolute Gasteiger partial charge is 0.268 e. The molecule has 23 heavy (non-hydrogen) atoms. The fraction of sp³-hybridized carbons (Fsp3) is 0.222. The van der Waals surface area contributed by atoms with Crippen molar-refractivity contribution in [3.63, 3.8) is 0 Å². The average molecular weight is 325 g/mol. The molecule has 0 unspecified atom stereocenters. The van der Waals surface area contributed by atoms with Crippen molar-refractivity contribution in [3.8, 4) is 0 Å². The Kier molecular flexibility index (Phi) is 4.30. The third-order valence-corrected chi connectivity index (χ3v) is 4.52. The van der Waals surface area contributed by atoms with E-state index in [9.17, 15) is 4.79 Å². The Hall–Kier alpha value is -2.40. The van der Waals surface area contributed by atoms with Crippen molar-refractivity contribution < 1.29 is 4.79 Å². The van der Waals surface area contributed by atoms with E-state index in [1.165, 1.54) is 4.88 Å². The lowest BCUT2D eigenvalue weighted by Gasteiger charge is -2.10. The number of aryl methyl sites for hydroxylation is 1. The van der Waals surface area contributed by atoms with Gasteiger partial charge in [0.1, 0.15) is 5.69 Å². The van der Waals surface area contributed by atoms with Gasteiger partial charge in [0, 0.05) is 17.6 Å². The normalized spacial score (nSPS) is 10.9. The summed E-state index contributed by atoms with van der Waals surface area (Å²) in [7, 11) is 0. The number of nitrogens with zero attached hydrogens (tertiary/aromatic N) is 2. The number of aromatic nitrogens is 2. The summed E-state index contributed by atoms with van der Waals surface area (Å²) in [6, 6.07) is 9.76. The van der Waals surface area contributed by atoms with Crippen LogP contribution >= 0.6 is 11.3 Å². The van der Waals surface area contributed by atoms with Crippen LogP contribution in [0.3, 0.4) is 0 Å². The second-order valence-electron chi connectivity index (χ2n) is 5.68. The van der Waals surface area contributed by atoms with Crippen molar-refractivity contribution in [1.82, 2.24) is 14.9 Å². The van der Waals surface area contributed by atoms with Crippen LogP contribution < -0.4 is 5.32 Å². The van der Waals surface area contributed by atoms with Gasteiger partial charge in [-0.15, -0.1) is 11.3 Å². The number of thiophene rings is 1. The average Bonchev–Trinajstić information content (AvgIpc) is 3.03. The van der Waals surface area contributed by atoms with Gasteiger partial charge < -0.3 is 9.88 Å². The van der Waals surface area contributed by atoms with Crippen molar-refractivity contribution in [1.29, 1.82) is 0 Å². The SMILES string of the molecule is C=C(C)Cn1c(C(=O)NCc2ccccn2)cc2sc(C)cc21. The number of hydrogen-bond donors (Lipinski definition) is 1. The van der Waals surface area contributed by atoms with Gasteiger partial charge in [-0.1, -0.05) is 18.2 Å². The molecule has 0 fully saturated rings. The number of carbonyl (C=O) groups excluding carboxylic acids is 1. The van der Waals surface area contributed by atoms with Crippen LogP contribution in [0.1, 0.15) is 28.0 Å². The van der Waals surface area contributed by atoms with E-state index in [0.29, 0.717) is 18.8 Å². The highest BCUT2D eigenvalue weighted by Gasteiger charge is 2.17. The number of carbonyl (C=O) groups is 1. The Morgan fingerprint density at radius 1 is 1.39 bits per heavy atom. The summed E-state index contributed by atoms with van der Waals surface area (Å²) in [5, 5.41) is 2.95. The molecular weight excluding hydrogens is 306 g/mol. The molecule has 3 rings (SSSR count). The molecule has 0 aliphatic heterocycles. The number of nitrogens with one attached hydrogen (secondary N) is 1. The standard InChI is InChI=1S/C18H19N3OS/c1-12(2)11-21-15-8-13(3)23-17(15)9-16(21)18(22)20-10-14-6-4-5-7-19-14/h4-9H,1,10-11H2,2-3H3,(H,20,22). The summed E-state index contributed by atoms with van der Waals surface area (Å²) in [6.45, 7) is 9.10. The first-order valence-corrected chi connectivity index (χ1v) is 8.28. The molecule has 0 saturated carbocycles. The van der Waals surface area contributed by atoms with Crippen LogP contribution in [0, 0.1) is 6.92 Å². The summed E-state index contributed by atoms with van der Waals surface area (Å²) in [5.41, 5.74) is 3.63. The molecule has 1 amide bonds. The minimum absolute atomic E-state index is 0.0852. The van der Waals surface area contributed by atoms with Crippen LogP contribution in [0.4, 0.5) is 0 Å². The first-order chi connectivity index (χ1) is 11.0. The largest absolute Gasteiger partial charge is 0.345 e. The minimum atomic E-state index is -0.0852. The van der Waals surface area contributed by atoms with Crippen LogP contribution in [0.25, 0.3) is 10.2 Å². The van der Waals surface area contributed by atoms with Crippen molar-refractivity contribution in [2.45, 2.75) is 26.9 Å². The summed E-state index contributed by atoms with van der Waals surface area (Å²) >= 11 is 1.70. The van der Waals surface area contributed by atoms with Gasteiger partial charge in [-0.25, -0.2) is 0 Å². The van der Waals surface area contributed by atoms with E-state index in [4.69, 9.17) is 0 Å². The number of allylic oxidation sites excluding steroid dienone is 1. The Balaban J connectivity index is 1.87. The predicted octanol–water partition coefficient (Wildman–Crippen LogP) is 3.91. The molecule has 1 N–H and O–H groups in total. The van der Waals surface area contributed by atoms with Gasteiger partial charge in [0.15, 0.2) is 0 Å². The Morgan fingerprint density at radius 2 is 2.22 bits per heavy atom. The number of fused-ring (bicyclic) bond motifs is 1. The van der Waals surface area contributed by atoms with Crippen LogP contribution in [-0.4, -0.2) is 15.5 Å². The molecule has 118 valence electrons. The van der Waals surface area contributed by atoms with E-state index in [1.807, 2.05) is 35.8 Å². The van der Waals surface area contributed by atoms with Gasteiger partial charge in [0.05, 0.1) is 22.5 Å². The monoisotopic (exact) mass is 325 g/mol. The van der Waals surface area contributed by atoms with Gasteiger partial charge in [0.2, 0.25) is 0 Å². The molecule has 0 spiro atoms. The zero-order chi connectivity index (χ0) is 16.4. The van der Waals surface area contributed by atoms with Crippen LogP contribution in [0.5, 0.6) is 0 Å². The number of pyridine rings is 1. The summed E-state index contributed by atoms with van der Waals surface area (Å²) in [6.07, 6.45) is 1.73. The summed E-state index contributed by atoms with van der Waals surface area (Å²) in [5.74, 6) is -0.0852. The molecule has 5 heteroatoms. The summed E-state index contributed by atoms with van der Waals surface area (Å²) in [4.78, 5) is 18.1. The van der Waals surface area contributed by atoms with Crippen LogP contribution in [-0.2, 0) is 13.1 Å². The van der Waals surface area contributed by atoms with Crippen LogP contribution in [0.2, 0.25) is 0 Å². The number of amides is 1. The lowest BCUT2D eigenvalue weighted by Crippen LogP contribution is -2.26. The van der Waals surface area contributed by atoms with Gasteiger partial charge in [-0.2, -0.15) is 0 Å². The highest BCUT2D eigenvalue weighted by molar-refractivity contribution is 7.19. The zero-order valence-electron chi connectivity index (χ0n) is 13.3. The number of rotatable bonds is 5. The molecule has 3 heterocycles. The first kappa shape index (κ1) is 15.5.